The van der Waals surface area contributed by atoms with Gasteiger partial charge in [0.2, 0.25) is 0 Å². The second-order valence-electron chi connectivity index (χ2n) is 12.6. The molecule has 55 heavy (non-hydrogen) atoms. The molecule has 0 aliphatic heterocycles. The lowest BCUT2D eigenvalue weighted by molar-refractivity contribution is -0.0144. The Morgan fingerprint density at radius 3 is 1.40 bits per heavy atom. The Balaban J connectivity index is 1.17. The maximum Gasteiger partial charge on any atom is 0.167 e. The van der Waals surface area contributed by atoms with Crippen LogP contribution in [0.15, 0.2) is 87.9 Å². The summed E-state index contributed by atoms with van der Waals surface area (Å²) in [6.45, 7) is 10.8. The Morgan fingerprint density at radius 1 is 0.545 bits per heavy atom. The van der Waals surface area contributed by atoms with Gasteiger partial charge < -0.3 is 46.9 Å². The summed E-state index contributed by atoms with van der Waals surface area (Å²) in [5.41, 5.74) is 5.60. The van der Waals surface area contributed by atoms with Crippen LogP contribution in [-0.4, -0.2) is 103 Å². The van der Waals surface area contributed by atoms with Crippen molar-refractivity contribution in [1.29, 1.82) is 0 Å². The summed E-state index contributed by atoms with van der Waals surface area (Å²) in [7, 11) is 3.29. The molecule has 0 radical (unpaired) electrons. The summed E-state index contributed by atoms with van der Waals surface area (Å²) in [5, 5.41) is 8.70. The molecule has 0 unspecified atom stereocenters. The SMILES string of the molecule is CC#Cc1cc(-c2cc(-c3ccc(OC[C@H](C)OCCOCCOC)cc3)no2)cc(-c2cc(-c3ccc(OC[C@H](C)OCCOCCOC)cc3)no2)c1. The van der Waals surface area contributed by atoms with Crippen molar-refractivity contribution < 1.29 is 46.9 Å². The maximum absolute atomic E-state index is 5.92. The Hall–Kier alpha value is -5.00. The first kappa shape index (κ1) is 41.2. The van der Waals surface area contributed by atoms with Crippen LogP contribution < -0.4 is 9.47 Å². The van der Waals surface area contributed by atoms with E-state index in [1.54, 1.807) is 21.1 Å². The summed E-state index contributed by atoms with van der Waals surface area (Å²) in [6.07, 6.45) is -0.165. The first-order chi connectivity index (χ1) is 26.9. The lowest BCUT2D eigenvalue weighted by atomic mass is 10.0. The van der Waals surface area contributed by atoms with Crippen LogP contribution in [-0.2, 0) is 28.4 Å². The van der Waals surface area contributed by atoms with Crippen molar-refractivity contribution in [3.8, 4) is 68.5 Å². The Kier molecular flexibility index (Phi) is 16.8. The van der Waals surface area contributed by atoms with Gasteiger partial charge >= 0.3 is 0 Å². The van der Waals surface area contributed by atoms with Crippen LogP contribution in [0.3, 0.4) is 0 Å². The highest BCUT2D eigenvalue weighted by atomic mass is 16.6. The normalized spacial score (nSPS) is 12.2. The fourth-order valence-electron chi connectivity index (χ4n) is 5.30. The van der Waals surface area contributed by atoms with Gasteiger partial charge in [0.25, 0.3) is 0 Å². The number of methoxy groups -OCH3 is 2. The molecule has 3 aromatic carbocycles. The van der Waals surface area contributed by atoms with E-state index < -0.39 is 0 Å². The molecule has 0 saturated carbocycles. The molecule has 0 amide bonds. The van der Waals surface area contributed by atoms with Gasteiger partial charge in [-0.3, -0.25) is 0 Å². The summed E-state index contributed by atoms with van der Waals surface area (Å²) in [4.78, 5) is 0. The van der Waals surface area contributed by atoms with Gasteiger partial charge in [-0.2, -0.15) is 0 Å². The van der Waals surface area contributed by atoms with Crippen LogP contribution in [0.1, 0.15) is 26.3 Å². The average molecular weight is 755 g/mol. The highest BCUT2D eigenvalue weighted by Crippen LogP contribution is 2.33. The van der Waals surface area contributed by atoms with Crippen LogP contribution in [0.25, 0.3) is 45.2 Å². The number of nitrogens with zero attached hydrogens (tertiary/aromatic N) is 2. The van der Waals surface area contributed by atoms with Crippen molar-refractivity contribution in [2.75, 3.05) is 80.3 Å². The molecule has 0 bridgehead atoms. The molecule has 0 fully saturated rings. The van der Waals surface area contributed by atoms with Crippen molar-refractivity contribution in [3.05, 3.63) is 84.4 Å². The number of benzene rings is 3. The van der Waals surface area contributed by atoms with Gasteiger partial charge in [0, 0.05) is 54.2 Å². The maximum atomic E-state index is 5.92. The van der Waals surface area contributed by atoms with Gasteiger partial charge in [-0.25, -0.2) is 0 Å². The number of ether oxygens (including phenoxy) is 8. The van der Waals surface area contributed by atoms with Gasteiger partial charge in [-0.1, -0.05) is 16.2 Å². The predicted octanol–water partition coefficient (Wildman–Crippen LogP) is 7.60. The lowest BCUT2D eigenvalue weighted by Crippen LogP contribution is -2.20. The molecule has 0 saturated heterocycles. The largest absolute Gasteiger partial charge is 0.491 e. The molecule has 2 atom stereocenters. The molecule has 0 aliphatic carbocycles. The third-order valence-electron chi connectivity index (χ3n) is 8.18. The van der Waals surface area contributed by atoms with Crippen LogP contribution in [0, 0.1) is 11.8 Å². The van der Waals surface area contributed by atoms with Gasteiger partial charge in [0.05, 0.1) is 65.1 Å². The van der Waals surface area contributed by atoms with E-state index in [1.165, 1.54) is 0 Å². The smallest absolute Gasteiger partial charge is 0.167 e. The molecule has 0 spiro atoms. The second-order valence-corrected chi connectivity index (χ2v) is 12.6. The number of rotatable bonds is 24. The molecule has 12 heteroatoms. The second kappa shape index (κ2) is 22.4. The molecule has 0 N–H and O–H groups in total. The van der Waals surface area contributed by atoms with E-state index in [0.29, 0.717) is 89.0 Å². The van der Waals surface area contributed by atoms with Gasteiger partial charge in [-0.05, 0) is 87.5 Å². The van der Waals surface area contributed by atoms with Gasteiger partial charge in [0.15, 0.2) is 11.5 Å². The Morgan fingerprint density at radius 2 is 0.982 bits per heavy atom. The van der Waals surface area contributed by atoms with Crippen molar-refractivity contribution >= 4 is 0 Å². The predicted molar refractivity (Wildman–Crippen MR) is 208 cm³/mol. The standard InChI is InChI=1S/C43H50N2O10/c1-6-7-33-24-36(42-27-40(44-54-42)34-8-12-38(13-9-34)52-29-31(2)50-22-20-48-18-16-46-4)26-37(25-33)43-28-41(45-55-43)35-10-14-39(15-11-35)53-30-32(3)51-23-21-49-19-17-47-5/h8-15,24-28,31-32H,16-23,29-30H2,1-5H3/t31-,32-/m0/s1. The Labute approximate surface area is 322 Å². The first-order valence-electron chi connectivity index (χ1n) is 18.3. The zero-order valence-electron chi connectivity index (χ0n) is 32.2. The first-order valence-corrected chi connectivity index (χ1v) is 18.3. The van der Waals surface area contributed by atoms with Crippen LogP contribution >= 0.6 is 0 Å². The van der Waals surface area contributed by atoms with E-state index in [2.05, 4.69) is 22.2 Å². The van der Waals surface area contributed by atoms with E-state index in [0.717, 1.165) is 39.3 Å². The van der Waals surface area contributed by atoms with E-state index in [9.17, 15) is 0 Å². The zero-order chi connectivity index (χ0) is 38.7. The molecule has 292 valence electrons. The fraction of sp³-hybridized carbons (Fsp3) is 0.395. The molecule has 5 aromatic rings. The van der Waals surface area contributed by atoms with Crippen LogP contribution in [0.2, 0.25) is 0 Å². The molecule has 5 rings (SSSR count). The van der Waals surface area contributed by atoms with Crippen molar-refractivity contribution in [3.63, 3.8) is 0 Å². The van der Waals surface area contributed by atoms with Gasteiger partial charge in [0.1, 0.15) is 36.1 Å². The molecule has 2 aromatic heterocycles. The fourth-order valence-corrected chi connectivity index (χ4v) is 5.30. The number of hydrogen-bond acceptors (Lipinski definition) is 12. The van der Waals surface area contributed by atoms with Crippen molar-refractivity contribution in [2.24, 2.45) is 0 Å². The quantitative estimate of drug-likeness (QED) is 0.0455. The average Bonchev–Trinajstić information content (AvgIpc) is 3.91. The van der Waals surface area contributed by atoms with Crippen LogP contribution in [0.5, 0.6) is 11.5 Å². The molecular weight excluding hydrogens is 704 g/mol. The molecule has 2 heterocycles. The summed E-state index contributed by atoms with van der Waals surface area (Å²) < 4.78 is 55.8. The minimum atomic E-state index is -0.0823. The topological polar surface area (TPSA) is 126 Å². The van der Waals surface area contributed by atoms with E-state index in [-0.39, 0.29) is 12.2 Å². The van der Waals surface area contributed by atoms with Gasteiger partial charge in [-0.15, -0.1) is 5.92 Å². The zero-order valence-corrected chi connectivity index (χ0v) is 32.2. The molecule has 0 aliphatic rings. The van der Waals surface area contributed by atoms with E-state index in [4.69, 9.17) is 46.9 Å². The number of aromatic nitrogens is 2. The molecular formula is C43H50N2O10. The highest BCUT2D eigenvalue weighted by Gasteiger charge is 2.15. The molecule has 12 nitrogen and oxygen atoms in total. The van der Waals surface area contributed by atoms with E-state index in [1.807, 2.05) is 92.7 Å². The van der Waals surface area contributed by atoms with E-state index >= 15 is 0 Å². The number of hydrogen-bond donors (Lipinski definition) is 0. The van der Waals surface area contributed by atoms with Crippen molar-refractivity contribution in [1.82, 2.24) is 10.3 Å². The summed E-state index contributed by atoms with van der Waals surface area (Å²) in [5.74, 6) is 8.80. The minimum Gasteiger partial charge on any atom is -0.491 e. The van der Waals surface area contributed by atoms with Crippen molar-refractivity contribution in [2.45, 2.75) is 33.0 Å². The lowest BCUT2D eigenvalue weighted by Gasteiger charge is -2.14. The summed E-state index contributed by atoms with van der Waals surface area (Å²) in [6, 6.07) is 25.1. The minimum absolute atomic E-state index is 0.0823. The third kappa shape index (κ3) is 13.4. The summed E-state index contributed by atoms with van der Waals surface area (Å²) >= 11 is 0. The van der Waals surface area contributed by atoms with Crippen LogP contribution in [0.4, 0.5) is 0 Å². The third-order valence-corrected chi connectivity index (χ3v) is 8.18. The monoisotopic (exact) mass is 754 g/mol. The highest BCUT2D eigenvalue weighted by molar-refractivity contribution is 5.75. The Bertz CT molecular complexity index is 1780.